The lowest BCUT2D eigenvalue weighted by atomic mass is 10.0. The van der Waals surface area contributed by atoms with Crippen molar-refractivity contribution in [2.75, 3.05) is 0 Å². The van der Waals surface area contributed by atoms with Crippen LogP contribution < -0.4 is 4.57 Å². The molecule has 0 aliphatic heterocycles. The molecule has 0 aliphatic rings. The average molecular weight is 196 g/mol. The monoisotopic (exact) mass is 196 g/mol. The summed E-state index contributed by atoms with van der Waals surface area (Å²) in [7, 11) is 0. The third kappa shape index (κ3) is 2.37. The zero-order valence-corrected chi connectivity index (χ0v) is 8.70. The van der Waals surface area contributed by atoms with Crippen LogP contribution >= 0.6 is 0 Å². The number of Topliss-reactive ketones (excluding diaryl/α,β-unsaturated/α-hetero) is 1. The van der Waals surface area contributed by atoms with E-state index in [1.54, 1.807) is 17.0 Å². The molecule has 0 saturated carbocycles. The Hall–Kier alpha value is -1.25. The number of halogens is 1. The number of rotatable bonds is 3. The van der Waals surface area contributed by atoms with E-state index >= 15 is 0 Å². The summed E-state index contributed by atoms with van der Waals surface area (Å²) < 4.78 is 14.3. The SMILES string of the molecule is CC(C)C(=O)C(C)[n+]1ccc(F)cc1. The molecule has 0 N–H and O–H groups in total. The van der Waals surface area contributed by atoms with E-state index in [9.17, 15) is 9.18 Å². The Labute approximate surface area is 83.4 Å². The van der Waals surface area contributed by atoms with Crippen LogP contribution in [0.4, 0.5) is 4.39 Å². The van der Waals surface area contributed by atoms with Gasteiger partial charge in [0.05, 0.1) is 0 Å². The number of hydrogen-bond donors (Lipinski definition) is 0. The number of pyridine rings is 1. The van der Waals surface area contributed by atoms with Crippen molar-refractivity contribution in [2.24, 2.45) is 5.92 Å². The van der Waals surface area contributed by atoms with Gasteiger partial charge in [-0.3, -0.25) is 4.79 Å². The fourth-order valence-electron chi connectivity index (χ4n) is 1.31. The largest absolute Gasteiger partial charge is 0.292 e. The van der Waals surface area contributed by atoms with Gasteiger partial charge in [-0.1, -0.05) is 13.8 Å². The zero-order valence-electron chi connectivity index (χ0n) is 8.70. The summed E-state index contributed by atoms with van der Waals surface area (Å²) in [5.74, 6) is -0.130. The first-order valence-corrected chi connectivity index (χ1v) is 4.72. The van der Waals surface area contributed by atoms with Crippen molar-refractivity contribution in [1.29, 1.82) is 0 Å². The first kappa shape index (κ1) is 10.8. The molecular weight excluding hydrogens is 181 g/mol. The van der Waals surface area contributed by atoms with Gasteiger partial charge in [0.2, 0.25) is 11.8 Å². The Morgan fingerprint density at radius 3 is 2.21 bits per heavy atom. The highest BCUT2D eigenvalue weighted by Gasteiger charge is 2.23. The van der Waals surface area contributed by atoms with E-state index < -0.39 is 0 Å². The molecular formula is C11H15FNO+. The molecule has 0 amide bonds. The molecule has 3 heteroatoms. The molecule has 1 rings (SSSR count). The summed E-state index contributed by atoms with van der Waals surface area (Å²) in [6, 6.07) is 2.48. The van der Waals surface area contributed by atoms with Gasteiger partial charge in [-0.05, 0) is 0 Å². The van der Waals surface area contributed by atoms with Crippen molar-refractivity contribution < 1.29 is 13.8 Å². The Bertz CT molecular complexity index is 319. The van der Waals surface area contributed by atoms with Crippen LogP contribution in [0.3, 0.4) is 0 Å². The van der Waals surface area contributed by atoms with Gasteiger partial charge in [-0.15, -0.1) is 0 Å². The lowest BCUT2D eigenvalue weighted by Gasteiger charge is -2.08. The van der Waals surface area contributed by atoms with Gasteiger partial charge in [-0.2, -0.15) is 4.57 Å². The van der Waals surface area contributed by atoms with Crippen LogP contribution in [0.25, 0.3) is 0 Å². The highest BCUT2D eigenvalue weighted by Crippen LogP contribution is 2.05. The standard InChI is InChI=1S/C11H15FNO/c1-8(2)11(14)9(3)13-6-4-10(12)5-7-13/h4-9H,1-3H3/q+1. The average Bonchev–Trinajstić information content (AvgIpc) is 2.16. The van der Waals surface area contributed by atoms with Crippen LogP contribution in [0.5, 0.6) is 0 Å². The molecule has 1 unspecified atom stereocenters. The number of nitrogens with zero attached hydrogens (tertiary/aromatic N) is 1. The van der Waals surface area contributed by atoms with Gasteiger partial charge >= 0.3 is 0 Å². The third-order valence-electron chi connectivity index (χ3n) is 2.24. The predicted octanol–water partition coefficient (Wildman–Crippen LogP) is 1.90. The van der Waals surface area contributed by atoms with E-state index in [4.69, 9.17) is 0 Å². The molecule has 0 aliphatic carbocycles. The highest BCUT2D eigenvalue weighted by atomic mass is 19.1. The van der Waals surface area contributed by atoms with Crippen LogP contribution in [0.2, 0.25) is 0 Å². The van der Waals surface area contributed by atoms with Gasteiger partial charge < -0.3 is 0 Å². The number of ketones is 1. The van der Waals surface area contributed by atoms with Crippen LogP contribution in [-0.4, -0.2) is 5.78 Å². The minimum absolute atomic E-state index is 0.00236. The van der Waals surface area contributed by atoms with Gasteiger partial charge in [-0.25, -0.2) is 4.39 Å². The summed E-state index contributed by atoms with van der Waals surface area (Å²) in [4.78, 5) is 11.6. The summed E-state index contributed by atoms with van der Waals surface area (Å²) in [6.07, 6.45) is 3.17. The number of carbonyl (C=O) groups excluding carboxylic acids is 1. The molecule has 0 spiro atoms. The number of carbonyl (C=O) groups is 1. The Kier molecular flexibility index (Phi) is 3.33. The maximum Gasteiger partial charge on any atom is 0.213 e. The molecule has 2 nitrogen and oxygen atoms in total. The van der Waals surface area contributed by atoms with Gasteiger partial charge in [0.1, 0.15) is 5.82 Å². The summed E-state index contributed by atoms with van der Waals surface area (Å²) in [5, 5.41) is 0. The predicted molar refractivity (Wildman–Crippen MR) is 51.2 cm³/mol. The van der Waals surface area contributed by atoms with Crippen LogP contribution in [0.1, 0.15) is 26.8 Å². The summed E-state index contributed by atoms with van der Waals surface area (Å²) in [5.41, 5.74) is 0. The first-order valence-electron chi connectivity index (χ1n) is 4.72. The van der Waals surface area contributed by atoms with Crippen molar-refractivity contribution in [2.45, 2.75) is 26.8 Å². The van der Waals surface area contributed by atoms with Crippen LogP contribution in [0, 0.1) is 11.7 Å². The Balaban J connectivity index is 2.84. The second kappa shape index (κ2) is 4.31. The molecule has 0 radical (unpaired) electrons. The number of aromatic nitrogens is 1. The molecule has 1 atom stereocenters. The van der Waals surface area contributed by atoms with Gasteiger partial charge in [0.25, 0.3) is 0 Å². The van der Waals surface area contributed by atoms with Crippen LogP contribution in [0.15, 0.2) is 24.5 Å². The van der Waals surface area contributed by atoms with Gasteiger partial charge in [0, 0.05) is 25.0 Å². The Morgan fingerprint density at radius 1 is 1.29 bits per heavy atom. The lowest BCUT2D eigenvalue weighted by molar-refractivity contribution is -0.706. The van der Waals surface area contributed by atoms with Crippen molar-refractivity contribution in [3.05, 3.63) is 30.3 Å². The van der Waals surface area contributed by atoms with E-state index in [1.165, 1.54) is 12.1 Å². The van der Waals surface area contributed by atoms with Crippen molar-refractivity contribution >= 4 is 5.78 Å². The van der Waals surface area contributed by atoms with Crippen LogP contribution in [-0.2, 0) is 4.79 Å². The topological polar surface area (TPSA) is 20.9 Å². The second-order valence-electron chi connectivity index (χ2n) is 3.70. The maximum atomic E-state index is 12.6. The molecule has 0 bridgehead atoms. The lowest BCUT2D eigenvalue weighted by Crippen LogP contribution is -2.43. The minimum atomic E-state index is -0.287. The Morgan fingerprint density at radius 2 is 1.79 bits per heavy atom. The van der Waals surface area contributed by atoms with E-state index in [1.807, 2.05) is 20.8 Å². The molecule has 0 fully saturated rings. The molecule has 76 valence electrons. The molecule has 1 aromatic rings. The molecule has 1 heterocycles. The minimum Gasteiger partial charge on any atom is -0.292 e. The summed E-state index contributed by atoms with van der Waals surface area (Å²) >= 11 is 0. The first-order chi connectivity index (χ1) is 6.52. The van der Waals surface area contributed by atoms with Gasteiger partial charge in [0.15, 0.2) is 12.4 Å². The quantitative estimate of drug-likeness (QED) is 0.676. The smallest absolute Gasteiger partial charge is 0.213 e. The highest BCUT2D eigenvalue weighted by molar-refractivity contribution is 5.82. The van der Waals surface area contributed by atoms with E-state index in [0.717, 1.165) is 0 Å². The van der Waals surface area contributed by atoms with Crippen molar-refractivity contribution in [1.82, 2.24) is 0 Å². The fourth-order valence-corrected chi connectivity index (χ4v) is 1.31. The molecule has 0 aromatic carbocycles. The normalized spacial score (nSPS) is 12.9. The van der Waals surface area contributed by atoms with Crippen molar-refractivity contribution in [3.8, 4) is 0 Å². The van der Waals surface area contributed by atoms with E-state index in [0.29, 0.717) is 0 Å². The zero-order chi connectivity index (χ0) is 10.7. The fraction of sp³-hybridized carbons (Fsp3) is 0.455. The molecule has 0 saturated heterocycles. The maximum absolute atomic E-state index is 12.6. The summed E-state index contributed by atoms with van der Waals surface area (Å²) in [6.45, 7) is 5.55. The molecule has 1 aromatic heterocycles. The van der Waals surface area contributed by atoms with Crippen molar-refractivity contribution in [3.63, 3.8) is 0 Å². The van der Waals surface area contributed by atoms with E-state index in [2.05, 4.69) is 0 Å². The van der Waals surface area contributed by atoms with E-state index in [-0.39, 0.29) is 23.6 Å². The second-order valence-corrected chi connectivity index (χ2v) is 3.70. The molecule has 14 heavy (non-hydrogen) atoms. The third-order valence-corrected chi connectivity index (χ3v) is 2.24. The number of hydrogen-bond acceptors (Lipinski definition) is 1.